The van der Waals surface area contributed by atoms with Crippen molar-refractivity contribution in [2.24, 2.45) is 0 Å². The van der Waals surface area contributed by atoms with E-state index in [-0.39, 0.29) is 0 Å². The van der Waals surface area contributed by atoms with Gasteiger partial charge in [-0.25, -0.2) is 0 Å². The minimum atomic E-state index is -0.470. The highest BCUT2D eigenvalue weighted by atomic mass is 79.9. The molecule has 2 nitrogen and oxygen atoms in total. The SMILES string of the molecule is Cc1cc(CNCC2(O)CCCCC2)ccc1Br. The summed E-state index contributed by atoms with van der Waals surface area (Å²) in [4.78, 5) is 0. The highest BCUT2D eigenvalue weighted by molar-refractivity contribution is 9.10. The van der Waals surface area contributed by atoms with Gasteiger partial charge in [-0.3, -0.25) is 0 Å². The second-order valence-corrected chi connectivity index (χ2v) is 6.33. The molecule has 0 aromatic heterocycles. The lowest BCUT2D eigenvalue weighted by atomic mass is 9.85. The molecule has 0 amide bonds. The molecule has 1 aliphatic carbocycles. The van der Waals surface area contributed by atoms with Crippen LogP contribution in [0.15, 0.2) is 22.7 Å². The van der Waals surface area contributed by atoms with Crippen molar-refractivity contribution in [2.75, 3.05) is 6.54 Å². The van der Waals surface area contributed by atoms with Crippen LogP contribution >= 0.6 is 15.9 Å². The largest absolute Gasteiger partial charge is 0.389 e. The van der Waals surface area contributed by atoms with Crippen LogP contribution in [0.2, 0.25) is 0 Å². The van der Waals surface area contributed by atoms with Crippen LogP contribution in [0.5, 0.6) is 0 Å². The molecule has 100 valence electrons. The van der Waals surface area contributed by atoms with E-state index in [0.29, 0.717) is 6.54 Å². The molecule has 0 atom stereocenters. The second kappa shape index (κ2) is 6.18. The monoisotopic (exact) mass is 311 g/mol. The first-order valence-corrected chi connectivity index (χ1v) is 7.56. The van der Waals surface area contributed by atoms with Gasteiger partial charge in [0.2, 0.25) is 0 Å². The normalized spacial score (nSPS) is 18.8. The lowest BCUT2D eigenvalue weighted by Crippen LogP contribution is -2.41. The van der Waals surface area contributed by atoms with Crippen LogP contribution in [0.1, 0.15) is 43.2 Å². The standard InChI is InChI=1S/C15H22BrNO/c1-12-9-13(5-6-14(12)16)10-17-11-15(18)7-3-2-4-8-15/h5-6,9,17-18H,2-4,7-8,10-11H2,1H3. The molecular weight excluding hydrogens is 290 g/mol. The Bertz CT molecular complexity index is 399. The van der Waals surface area contributed by atoms with Gasteiger partial charge >= 0.3 is 0 Å². The van der Waals surface area contributed by atoms with Crippen LogP contribution < -0.4 is 5.32 Å². The maximum Gasteiger partial charge on any atom is 0.0771 e. The van der Waals surface area contributed by atoms with E-state index in [1.165, 1.54) is 17.5 Å². The number of benzene rings is 1. The Labute approximate surface area is 118 Å². The van der Waals surface area contributed by atoms with Crippen molar-refractivity contribution < 1.29 is 5.11 Å². The van der Waals surface area contributed by atoms with E-state index in [2.05, 4.69) is 46.4 Å². The predicted molar refractivity (Wildman–Crippen MR) is 78.6 cm³/mol. The van der Waals surface area contributed by atoms with Gasteiger partial charge in [-0.05, 0) is 37.0 Å². The summed E-state index contributed by atoms with van der Waals surface area (Å²) in [5.41, 5.74) is 2.06. The summed E-state index contributed by atoms with van der Waals surface area (Å²) in [5.74, 6) is 0. The zero-order valence-electron chi connectivity index (χ0n) is 11.0. The third-order valence-corrected chi connectivity index (χ3v) is 4.68. The Morgan fingerprint density at radius 1 is 1.28 bits per heavy atom. The van der Waals surface area contributed by atoms with Gasteiger partial charge in [-0.2, -0.15) is 0 Å². The Balaban J connectivity index is 1.82. The summed E-state index contributed by atoms with van der Waals surface area (Å²) in [6.07, 6.45) is 5.48. The molecule has 0 bridgehead atoms. The quantitative estimate of drug-likeness (QED) is 0.891. The first-order valence-electron chi connectivity index (χ1n) is 6.77. The summed E-state index contributed by atoms with van der Waals surface area (Å²) in [7, 11) is 0. The number of halogens is 1. The topological polar surface area (TPSA) is 32.3 Å². The Kier molecular flexibility index (Phi) is 4.82. The minimum Gasteiger partial charge on any atom is -0.389 e. The van der Waals surface area contributed by atoms with Crippen molar-refractivity contribution in [3.05, 3.63) is 33.8 Å². The van der Waals surface area contributed by atoms with E-state index in [1.807, 2.05) is 0 Å². The van der Waals surface area contributed by atoms with Crippen LogP contribution in [0.25, 0.3) is 0 Å². The van der Waals surface area contributed by atoms with Crippen LogP contribution in [0.4, 0.5) is 0 Å². The van der Waals surface area contributed by atoms with Gasteiger partial charge in [0.25, 0.3) is 0 Å². The highest BCUT2D eigenvalue weighted by Crippen LogP contribution is 2.27. The number of aryl methyl sites for hydroxylation is 1. The molecule has 0 saturated heterocycles. The maximum absolute atomic E-state index is 10.4. The first-order chi connectivity index (χ1) is 8.59. The lowest BCUT2D eigenvalue weighted by Gasteiger charge is -2.32. The molecule has 1 aliphatic rings. The fourth-order valence-electron chi connectivity index (χ4n) is 2.64. The Hall–Kier alpha value is -0.380. The maximum atomic E-state index is 10.4. The molecule has 0 heterocycles. The highest BCUT2D eigenvalue weighted by Gasteiger charge is 2.28. The summed E-state index contributed by atoms with van der Waals surface area (Å²) in [6.45, 7) is 3.64. The lowest BCUT2D eigenvalue weighted by molar-refractivity contribution is 0.00468. The van der Waals surface area contributed by atoms with Gasteiger partial charge in [0, 0.05) is 17.6 Å². The van der Waals surface area contributed by atoms with Gasteiger partial charge in [0.1, 0.15) is 0 Å². The summed E-state index contributed by atoms with van der Waals surface area (Å²) in [5, 5.41) is 13.8. The molecule has 0 unspecified atom stereocenters. The van der Waals surface area contributed by atoms with E-state index in [4.69, 9.17) is 0 Å². The van der Waals surface area contributed by atoms with E-state index in [9.17, 15) is 5.11 Å². The molecule has 1 aromatic carbocycles. The fourth-order valence-corrected chi connectivity index (χ4v) is 2.89. The number of aliphatic hydroxyl groups is 1. The molecule has 1 fully saturated rings. The van der Waals surface area contributed by atoms with Gasteiger partial charge in [0.15, 0.2) is 0 Å². The van der Waals surface area contributed by atoms with Crippen molar-refractivity contribution in [3.63, 3.8) is 0 Å². The number of nitrogens with one attached hydrogen (secondary N) is 1. The van der Waals surface area contributed by atoms with Crippen molar-refractivity contribution in [1.29, 1.82) is 0 Å². The van der Waals surface area contributed by atoms with Crippen LogP contribution in [-0.2, 0) is 6.54 Å². The summed E-state index contributed by atoms with van der Waals surface area (Å²) < 4.78 is 1.15. The molecule has 3 heteroatoms. The predicted octanol–water partition coefficient (Wildman–Crippen LogP) is 3.54. The van der Waals surface area contributed by atoms with Crippen LogP contribution in [0, 0.1) is 6.92 Å². The molecule has 0 aliphatic heterocycles. The van der Waals surface area contributed by atoms with E-state index < -0.39 is 5.60 Å². The molecule has 18 heavy (non-hydrogen) atoms. The smallest absolute Gasteiger partial charge is 0.0771 e. The van der Waals surface area contributed by atoms with E-state index in [1.54, 1.807) is 0 Å². The molecule has 0 spiro atoms. The fraction of sp³-hybridized carbons (Fsp3) is 0.600. The summed E-state index contributed by atoms with van der Waals surface area (Å²) >= 11 is 3.51. The third kappa shape index (κ3) is 3.81. The van der Waals surface area contributed by atoms with Crippen LogP contribution in [0.3, 0.4) is 0 Å². The Morgan fingerprint density at radius 3 is 2.67 bits per heavy atom. The number of hydrogen-bond donors (Lipinski definition) is 2. The zero-order valence-corrected chi connectivity index (χ0v) is 12.6. The van der Waals surface area contributed by atoms with Crippen molar-refractivity contribution in [1.82, 2.24) is 5.32 Å². The molecule has 1 aromatic rings. The van der Waals surface area contributed by atoms with Gasteiger partial charge in [0.05, 0.1) is 5.60 Å². The van der Waals surface area contributed by atoms with Crippen molar-refractivity contribution in [2.45, 2.75) is 51.2 Å². The first kappa shape index (κ1) is 14.0. The molecule has 1 saturated carbocycles. The minimum absolute atomic E-state index is 0.470. The zero-order chi connectivity index (χ0) is 13.0. The average Bonchev–Trinajstić information content (AvgIpc) is 2.34. The van der Waals surface area contributed by atoms with E-state index in [0.717, 1.165) is 36.7 Å². The van der Waals surface area contributed by atoms with Gasteiger partial charge < -0.3 is 10.4 Å². The third-order valence-electron chi connectivity index (χ3n) is 3.79. The molecule has 0 radical (unpaired) electrons. The average molecular weight is 312 g/mol. The van der Waals surface area contributed by atoms with Crippen LogP contribution in [-0.4, -0.2) is 17.3 Å². The molecule has 2 N–H and O–H groups in total. The Morgan fingerprint density at radius 2 is 2.00 bits per heavy atom. The van der Waals surface area contributed by atoms with Crippen molar-refractivity contribution in [3.8, 4) is 0 Å². The molecular formula is C15H22BrNO. The number of hydrogen-bond acceptors (Lipinski definition) is 2. The number of rotatable bonds is 4. The van der Waals surface area contributed by atoms with E-state index >= 15 is 0 Å². The second-order valence-electron chi connectivity index (χ2n) is 5.47. The van der Waals surface area contributed by atoms with Gasteiger partial charge in [-0.15, -0.1) is 0 Å². The molecule has 2 rings (SSSR count). The van der Waals surface area contributed by atoms with Gasteiger partial charge in [-0.1, -0.05) is 47.3 Å². The van der Waals surface area contributed by atoms with Crippen molar-refractivity contribution >= 4 is 15.9 Å². The summed E-state index contributed by atoms with van der Waals surface area (Å²) in [6, 6.07) is 6.39.